The van der Waals surface area contributed by atoms with Gasteiger partial charge in [-0.05, 0) is 30.7 Å². The van der Waals surface area contributed by atoms with E-state index < -0.39 is 23.5 Å². The van der Waals surface area contributed by atoms with Crippen molar-refractivity contribution in [3.8, 4) is 0 Å². The maximum Gasteiger partial charge on any atom is 0.454 e. The van der Waals surface area contributed by atoms with E-state index in [-0.39, 0.29) is 17.4 Å². The van der Waals surface area contributed by atoms with Crippen LogP contribution in [-0.2, 0) is 6.42 Å². The lowest BCUT2D eigenvalue weighted by Crippen LogP contribution is -2.22. The van der Waals surface area contributed by atoms with Crippen LogP contribution in [0.1, 0.15) is 37.7 Å². The van der Waals surface area contributed by atoms with Gasteiger partial charge in [0, 0.05) is 34.9 Å². The maximum atomic E-state index is 12.9. The topological polar surface area (TPSA) is 83.0 Å². The summed E-state index contributed by atoms with van der Waals surface area (Å²) in [7, 11) is 0. The van der Waals surface area contributed by atoms with Crippen LogP contribution in [0.2, 0.25) is 0 Å². The summed E-state index contributed by atoms with van der Waals surface area (Å²) in [5.74, 6) is -3.05. The number of aryl methyl sites for hydroxylation is 1. The monoisotopic (exact) mass is 362 g/mol. The molecule has 0 saturated carbocycles. The predicted octanol–water partition coefficient (Wildman–Crippen LogP) is 3.91. The van der Waals surface area contributed by atoms with Crippen LogP contribution in [0, 0.1) is 6.92 Å². The second kappa shape index (κ2) is 6.29. The summed E-state index contributed by atoms with van der Waals surface area (Å²) in [6, 6.07) is 7.57. The van der Waals surface area contributed by atoms with Crippen LogP contribution < -0.4 is 0 Å². The molecule has 0 fully saturated rings. The van der Waals surface area contributed by atoms with Gasteiger partial charge in [0.15, 0.2) is 0 Å². The first kappa shape index (κ1) is 17.7. The fraction of sp³-hybridized carbons (Fsp3) is 0.167. The van der Waals surface area contributed by atoms with Crippen LogP contribution in [0.3, 0.4) is 0 Å². The molecule has 2 aromatic heterocycles. The maximum absolute atomic E-state index is 12.9. The zero-order valence-corrected chi connectivity index (χ0v) is 13.5. The van der Waals surface area contributed by atoms with Gasteiger partial charge in [-0.2, -0.15) is 13.2 Å². The van der Waals surface area contributed by atoms with E-state index in [2.05, 4.69) is 9.97 Å². The Balaban J connectivity index is 2.11. The Morgan fingerprint density at radius 2 is 1.96 bits per heavy atom. The van der Waals surface area contributed by atoms with E-state index in [9.17, 15) is 22.8 Å². The first-order valence-electron chi connectivity index (χ1n) is 7.58. The number of carboxylic acid groups (broad SMARTS) is 1. The molecular formula is C18H13F3N2O3. The third-order valence-corrected chi connectivity index (χ3v) is 3.92. The molecule has 3 rings (SSSR count). The van der Waals surface area contributed by atoms with E-state index in [1.165, 1.54) is 12.1 Å². The molecule has 0 spiro atoms. The van der Waals surface area contributed by atoms with Gasteiger partial charge in [0.1, 0.15) is 0 Å². The highest BCUT2D eigenvalue weighted by molar-refractivity contribution is 6.11. The minimum Gasteiger partial charge on any atom is -0.478 e. The molecule has 134 valence electrons. The number of benzene rings is 1. The molecule has 2 heterocycles. The van der Waals surface area contributed by atoms with E-state index in [1.54, 1.807) is 25.1 Å². The SMILES string of the molecule is Cc1cc(C(=O)O)cc(Cc2cccc3[nH]cc(C(=O)C(F)(F)F)c23)n1. The lowest BCUT2D eigenvalue weighted by molar-refractivity contribution is -0.0884. The number of Topliss-reactive ketones (excluding diaryl/α,β-unsaturated/α-hetero) is 1. The van der Waals surface area contributed by atoms with Gasteiger partial charge < -0.3 is 10.1 Å². The fourth-order valence-corrected chi connectivity index (χ4v) is 2.89. The summed E-state index contributed by atoms with van der Waals surface area (Å²) in [5.41, 5.74) is 1.29. The van der Waals surface area contributed by atoms with Crippen LogP contribution in [0.5, 0.6) is 0 Å². The normalized spacial score (nSPS) is 11.7. The minimum absolute atomic E-state index is 0.0420. The van der Waals surface area contributed by atoms with Gasteiger partial charge in [0.05, 0.1) is 11.1 Å². The van der Waals surface area contributed by atoms with Gasteiger partial charge in [0.2, 0.25) is 0 Å². The van der Waals surface area contributed by atoms with Crippen LogP contribution >= 0.6 is 0 Å². The number of aromatic carboxylic acids is 1. The van der Waals surface area contributed by atoms with Crippen molar-refractivity contribution in [2.24, 2.45) is 0 Å². The number of carbonyl (C=O) groups excluding carboxylic acids is 1. The number of aromatic nitrogens is 2. The number of fused-ring (bicyclic) bond motifs is 1. The van der Waals surface area contributed by atoms with Crippen molar-refractivity contribution in [3.05, 3.63) is 64.6 Å². The summed E-state index contributed by atoms with van der Waals surface area (Å²) in [5, 5.41) is 9.30. The lowest BCUT2D eigenvalue weighted by atomic mass is 9.99. The first-order chi connectivity index (χ1) is 12.2. The van der Waals surface area contributed by atoms with Gasteiger partial charge in [0.25, 0.3) is 5.78 Å². The molecule has 0 amide bonds. The van der Waals surface area contributed by atoms with Crippen molar-refractivity contribution < 1.29 is 27.9 Å². The quantitative estimate of drug-likeness (QED) is 0.690. The molecule has 0 bridgehead atoms. The van der Waals surface area contributed by atoms with Crippen molar-refractivity contribution in [2.45, 2.75) is 19.5 Å². The summed E-state index contributed by atoms with van der Waals surface area (Å²) < 4.78 is 38.6. The lowest BCUT2D eigenvalue weighted by Gasteiger charge is -2.09. The molecule has 0 atom stereocenters. The van der Waals surface area contributed by atoms with Crippen molar-refractivity contribution in [2.75, 3.05) is 0 Å². The third kappa shape index (κ3) is 3.30. The Labute approximate surface area is 145 Å². The summed E-state index contributed by atoms with van der Waals surface area (Å²) >= 11 is 0. The third-order valence-electron chi connectivity index (χ3n) is 3.92. The summed E-state index contributed by atoms with van der Waals surface area (Å²) in [6.45, 7) is 1.63. The average Bonchev–Trinajstić information content (AvgIpc) is 2.97. The van der Waals surface area contributed by atoms with Gasteiger partial charge in [-0.25, -0.2) is 4.79 Å². The molecule has 1 aromatic carbocycles. The Bertz CT molecular complexity index is 1020. The molecule has 26 heavy (non-hydrogen) atoms. The number of alkyl halides is 3. The van der Waals surface area contributed by atoms with Gasteiger partial charge in [-0.3, -0.25) is 9.78 Å². The number of rotatable bonds is 4. The molecule has 3 aromatic rings. The zero-order chi connectivity index (χ0) is 19.1. The van der Waals surface area contributed by atoms with E-state index in [0.717, 1.165) is 6.20 Å². The number of H-pyrrole nitrogens is 1. The number of nitrogens with zero attached hydrogens (tertiary/aromatic N) is 1. The Hall–Kier alpha value is -3.16. The number of halogens is 3. The average molecular weight is 362 g/mol. The standard InChI is InChI=1S/C18H13F3N2O3/c1-9-5-11(17(25)26)7-12(23-9)6-10-3-2-4-14-15(10)13(8-22-14)16(24)18(19,20)21/h2-5,7-8,22H,6H2,1H3,(H,25,26). The van der Waals surface area contributed by atoms with Crippen LogP contribution in [0.15, 0.2) is 36.5 Å². The summed E-state index contributed by atoms with van der Waals surface area (Å²) in [6.07, 6.45) is -3.86. The number of hydrogen-bond acceptors (Lipinski definition) is 3. The molecule has 0 radical (unpaired) electrons. The Morgan fingerprint density at radius 1 is 1.23 bits per heavy atom. The van der Waals surface area contributed by atoms with Crippen LogP contribution in [0.4, 0.5) is 13.2 Å². The molecule has 0 aliphatic carbocycles. The highest BCUT2D eigenvalue weighted by Crippen LogP contribution is 2.30. The highest BCUT2D eigenvalue weighted by atomic mass is 19.4. The Morgan fingerprint density at radius 3 is 2.62 bits per heavy atom. The van der Waals surface area contributed by atoms with Gasteiger partial charge in [-0.15, -0.1) is 0 Å². The molecule has 0 saturated heterocycles. The second-order valence-corrected chi connectivity index (χ2v) is 5.84. The van der Waals surface area contributed by atoms with E-state index in [4.69, 9.17) is 5.11 Å². The zero-order valence-electron chi connectivity index (χ0n) is 13.5. The highest BCUT2D eigenvalue weighted by Gasteiger charge is 2.40. The number of carboxylic acids is 1. The van der Waals surface area contributed by atoms with E-state index >= 15 is 0 Å². The molecule has 5 nitrogen and oxygen atoms in total. The molecule has 0 aliphatic heterocycles. The molecule has 2 N–H and O–H groups in total. The Kier molecular flexibility index (Phi) is 4.27. The van der Waals surface area contributed by atoms with Crippen molar-refractivity contribution in [1.29, 1.82) is 0 Å². The number of carbonyl (C=O) groups is 2. The van der Waals surface area contributed by atoms with Gasteiger partial charge >= 0.3 is 12.1 Å². The second-order valence-electron chi connectivity index (χ2n) is 5.84. The smallest absolute Gasteiger partial charge is 0.454 e. The van der Waals surface area contributed by atoms with Crippen molar-refractivity contribution in [1.82, 2.24) is 9.97 Å². The number of pyridine rings is 1. The number of hydrogen-bond donors (Lipinski definition) is 2. The molecular weight excluding hydrogens is 349 g/mol. The van der Waals surface area contributed by atoms with E-state index in [1.807, 2.05) is 0 Å². The van der Waals surface area contributed by atoms with Crippen molar-refractivity contribution in [3.63, 3.8) is 0 Å². The minimum atomic E-state index is -4.99. The molecule has 0 aliphatic rings. The van der Waals surface area contributed by atoms with Crippen molar-refractivity contribution >= 4 is 22.7 Å². The van der Waals surface area contributed by atoms with Crippen LogP contribution in [0.25, 0.3) is 10.9 Å². The summed E-state index contributed by atoms with van der Waals surface area (Å²) in [4.78, 5) is 29.8. The number of ketones is 1. The van der Waals surface area contributed by atoms with E-state index in [0.29, 0.717) is 22.5 Å². The molecule has 0 unspecified atom stereocenters. The first-order valence-corrected chi connectivity index (χ1v) is 7.58. The van der Waals surface area contributed by atoms with Gasteiger partial charge in [-0.1, -0.05) is 12.1 Å². The fourth-order valence-electron chi connectivity index (χ4n) is 2.89. The van der Waals surface area contributed by atoms with Crippen LogP contribution in [-0.4, -0.2) is 33.0 Å². The molecule has 8 heteroatoms. The largest absolute Gasteiger partial charge is 0.478 e. The predicted molar refractivity (Wildman–Crippen MR) is 87.4 cm³/mol. The number of aromatic amines is 1. The number of nitrogens with one attached hydrogen (secondary N) is 1.